The number of aliphatic carboxylic acids is 1. The minimum absolute atomic E-state index is 0.159. The Labute approximate surface area is 115 Å². The Balaban J connectivity index is 2.23. The molecule has 5 nitrogen and oxygen atoms in total. The van der Waals surface area contributed by atoms with Gasteiger partial charge in [0.1, 0.15) is 5.54 Å². The highest BCUT2D eigenvalue weighted by Gasteiger charge is 2.47. The molecule has 0 aromatic rings. The second kappa shape index (κ2) is 8.51. The first-order valence-electron chi connectivity index (χ1n) is 7.25. The molecule has 0 bridgehead atoms. The van der Waals surface area contributed by atoms with Gasteiger partial charge in [-0.3, -0.25) is 4.79 Å². The quantitative estimate of drug-likeness (QED) is 0.593. The molecule has 0 radical (unpaired) electrons. The van der Waals surface area contributed by atoms with Crippen LogP contribution in [0, 0.1) is 5.92 Å². The first kappa shape index (κ1) is 16.4. The molecule has 1 aliphatic carbocycles. The van der Waals surface area contributed by atoms with Gasteiger partial charge in [-0.2, -0.15) is 0 Å². The summed E-state index contributed by atoms with van der Waals surface area (Å²) in [5.41, 5.74) is -0.748. The van der Waals surface area contributed by atoms with E-state index in [2.05, 4.69) is 12.2 Å². The molecule has 19 heavy (non-hydrogen) atoms. The summed E-state index contributed by atoms with van der Waals surface area (Å²) < 4.78 is 10.8. The summed E-state index contributed by atoms with van der Waals surface area (Å²) in [5.74, 6) is -0.574. The van der Waals surface area contributed by atoms with Gasteiger partial charge < -0.3 is 19.9 Å². The highest BCUT2D eigenvalue weighted by molar-refractivity contribution is 5.79. The van der Waals surface area contributed by atoms with E-state index >= 15 is 0 Å². The molecule has 0 saturated heterocycles. The summed E-state index contributed by atoms with van der Waals surface area (Å²) in [5, 5.41) is 12.4. The number of carbonyl (C=O) groups is 1. The van der Waals surface area contributed by atoms with E-state index in [1.54, 1.807) is 7.05 Å². The van der Waals surface area contributed by atoms with Crippen LogP contribution in [-0.4, -0.2) is 50.1 Å². The number of ether oxygens (including phenoxy) is 2. The molecule has 0 aromatic carbocycles. The lowest BCUT2D eigenvalue weighted by molar-refractivity contribution is -0.146. The van der Waals surface area contributed by atoms with Gasteiger partial charge in [0.2, 0.25) is 0 Å². The minimum Gasteiger partial charge on any atom is -0.480 e. The standard InChI is InChI=1S/C14H27NO4/c1-3-8-18-10-11-19-9-6-12-5-4-7-14(12,15-2)13(16)17/h12,15H,3-11H2,1-2H3,(H,16,17). The molecule has 1 saturated carbocycles. The lowest BCUT2D eigenvalue weighted by atomic mass is 9.85. The van der Waals surface area contributed by atoms with Crippen LogP contribution in [0.1, 0.15) is 39.0 Å². The molecule has 1 aliphatic rings. The minimum atomic E-state index is -0.748. The van der Waals surface area contributed by atoms with Gasteiger partial charge in [0.15, 0.2) is 0 Å². The van der Waals surface area contributed by atoms with E-state index in [0.717, 1.165) is 32.3 Å². The van der Waals surface area contributed by atoms with Crippen molar-refractivity contribution < 1.29 is 19.4 Å². The molecule has 2 N–H and O–H groups in total. The topological polar surface area (TPSA) is 67.8 Å². The van der Waals surface area contributed by atoms with E-state index in [-0.39, 0.29) is 5.92 Å². The van der Waals surface area contributed by atoms with Crippen LogP contribution in [0.5, 0.6) is 0 Å². The zero-order chi connectivity index (χ0) is 14.1. The Kier molecular flexibility index (Phi) is 7.34. The number of nitrogens with one attached hydrogen (secondary N) is 1. The summed E-state index contributed by atoms with van der Waals surface area (Å²) in [6, 6.07) is 0. The molecule has 2 atom stereocenters. The smallest absolute Gasteiger partial charge is 0.324 e. The Bertz CT molecular complexity index is 272. The van der Waals surface area contributed by atoms with Gasteiger partial charge in [-0.05, 0) is 38.6 Å². The number of hydrogen-bond acceptors (Lipinski definition) is 4. The third-order valence-electron chi connectivity index (χ3n) is 3.98. The van der Waals surface area contributed by atoms with E-state index < -0.39 is 11.5 Å². The Hall–Kier alpha value is -0.650. The fraction of sp³-hybridized carbons (Fsp3) is 0.929. The van der Waals surface area contributed by atoms with Gasteiger partial charge >= 0.3 is 5.97 Å². The molecule has 0 aromatic heterocycles. The Morgan fingerprint density at radius 2 is 2.00 bits per heavy atom. The van der Waals surface area contributed by atoms with Gasteiger partial charge in [-0.15, -0.1) is 0 Å². The summed E-state index contributed by atoms with van der Waals surface area (Å²) in [6.45, 7) is 4.66. The van der Waals surface area contributed by atoms with Crippen LogP contribution in [-0.2, 0) is 14.3 Å². The molecule has 0 spiro atoms. The molecule has 5 heteroatoms. The molecule has 0 heterocycles. The molecule has 0 aliphatic heterocycles. The van der Waals surface area contributed by atoms with E-state index in [1.165, 1.54) is 0 Å². The van der Waals surface area contributed by atoms with Gasteiger partial charge in [-0.25, -0.2) is 0 Å². The highest BCUT2D eigenvalue weighted by atomic mass is 16.5. The lowest BCUT2D eigenvalue weighted by Crippen LogP contribution is -2.53. The molecule has 1 fully saturated rings. The monoisotopic (exact) mass is 273 g/mol. The van der Waals surface area contributed by atoms with E-state index in [0.29, 0.717) is 26.2 Å². The number of rotatable bonds is 10. The normalized spacial score (nSPS) is 26.7. The third-order valence-corrected chi connectivity index (χ3v) is 3.98. The zero-order valence-electron chi connectivity index (χ0n) is 12.1. The lowest BCUT2D eigenvalue weighted by Gasteiger charge is -2.30. The van der Waals surface area contributed by atoms with Crippen molar-refractivity contribution in [2.24, 2.45) is 5.92 Å². The van der Waals surface area contributed by atoms with Crippen LogP contribution in [0.4, 0.5) is 0 Å². The molecule has 112 valence electrons. The number of carboxylic acid groups (broad SMARTS) is 1. The molecule has 0 amide bonds. The number of likely N-dealkylation sites (N-methyl/N-ethyl adjacent to an activating group) is 1. The van der Waals surface area contributed by atoms with Gasteiger partial charge in [0.25, 0.3) is 0 Å². The van der Waals surface area contributed by atoms with Crippen molar-refractivity contribution in [1.29, 1.82) is 0 Å². The predicted molar refractivity (Wildman–Crippen MR) is 73.3 cm³/mol. The van der Waals surface area contributed by atoms with E-state index in [1.807, 2.05) is 0 Å². The fourth-order valence-electron chi connectivity index (χ4n) is 2.88. The maximum absolute atomic E-state index is 11.4. The number of hydrogen-bond donors (Lipinski definition) is 2. The summed E-state index contributed by atoms with van der Waals surface area (Å²) in [7, 11) is 1.74. The first-order chi connectivity index (χ1) is 9.17. The van der Waals surface area contributed by atoms with Crippen LogP contribution in [0.3, 0.4) is 0 Å². The third kappa shape index (κ3) is 4.44. The van der Waals surface area contributed by atoms with Crippen LogP contribution < -0.4 is 5.32 Å². The molecule has 1 rings (SSSR count). The van der Waals surface area contributed by atoms with Crippen LogP contribution in [0.25, 0.3) is 0 Å². The predicted octanol–water partition coefficient (Wildman–Crippen LogP) is 1.66. The van der Waals surface area contributed by atoms with Gasteiger partial charge in [0, 0.05) is 13.2 Å². The summed E-state index contributed by atoms with van der Waals surface area (Å²) in [4.78, 5) is 11.4. The van der Waals surface area contributed by atoms with Crippen LogP contribution in [0.15, 0.2) is 0 Å². The van der Waals surface area contributed by atoms with Crippen molar-refractivity contribution >= 4 is 5.97 Å². The highest BCUT2D eigenvalue weighted by Crippen LogP contribution is 2.37. The van der Waals surface area contributed by atoms with Gasteiger partial charge in [-0.1, -0.05) is 13.3 Å². The second-order valence-corrected chi connectivity index (χ2v) is 5.13. The zero-order valence-corrected chi connectivity index (χ0v) is 12.1. The molecular weight excluding hydrogens is 246 g/mol. The summed E-state index contributed by atoms with van der Waals surface area (Å²) in [6.07, 6.45) is 4.45. The second-order valence-electron chi connectivity index (χ2n) is 5.13. The van der Waals surface area contributed by atoms with Gasteiger partial charge in [0.05, 0.1) is 13.2 Å². The average molecular weight is 273 g/mol. The SMILES string of the molecule is CCCOCCOCCC1CCCC1(NC)C(=O)O. The fourth-order valence-corrected chi connectivity index (χ4v) is 2.88. The maximum Gasteiger partial charge on any atom is 0.324 e. The number of carboxylic acids is 1. The molecule has 2 unspecified atom stereocenters. The largest absolute Gasteiger partial charge is 0.480 e. The Morgan fingerprint density at radius 3 is 2.58 bits per heavy atom. The van der Waals surface area contributed by atoms with Crippen molar-refractivity contribution in [3.05, 3.63) is 0 Å². The molecular formula is C14H27NO4. The van der Waals surface area contributed by atoms with Crippen molar-refractivity contribution in [2.45, 2.75) is 44.6 Å². The van der Waals surface area contributed by atoms with Crippen molar-refractivity contribution in [3.8, 4) is 0 Å². The maximum atomic E-state index is 11.4. The van der Waals surface area contributed by atoms with Crippen LogP contribution in [0.2, 0.25) is 0 Å². The van der Waals surface area contributed by atoms with Crippen molar-refractivity contribution in [1.82, 2.24) is 5.32 Å². The first-order valence-corrected chi connectivity index (χ1v) is 7.25. The van der Waals surface area contributed by atoms with Crippen molar-refractivity contribution in [2.75, 3.05) is 33.5 Å². The van der Waals surface area contributed by atoms with E-state index in [4.69, 9.17) is 9.47 Å². The average Bonchev–Trinajstić information content (AvgIpc) is 2.82. The van der Waals surface area contributed by atoms with Crippen LogP contribution >= 0.6 is 0 Å². The summed E-state index contributed by atoms with van der Waals surface area (Å²) >= 11 is 0. The van der Waals surface area contributed by atoms with Crippen molar-refractivity contribution in [3.63, 3.8) is 0 Å². The Morgan fingerprint density at radius 1 is 1.32 bits per heavy atom. The van der Waals surface area contributed by atoms with E-state index in [9.17, 15) is 9.90 Å².